The molecule has 10 N–H and O–H groups in total. The van der Waals surface area contributed by atoms with Crippen LogP contribution in [-0.4, -0.2) is 70.8 Å². The van der Waals surface area contributed by atoms with Crippen LogP contribution in [0.15, 0.2) is 0 Å². The van der Waals surface area contributed by atoms with Crippen LogP contribution in [0.4, 0.5) is 4.79 Å². The van der Waals surface area contributed by atoms with E-state index < -0.39 is 39.6 Å². The molecular formula is C26H48Cl2N6O6. The number of ether oxygens (including phenoxy) is 1. The number of nitrogens with two attached hydrogens (primary N) is 3. The summed E-state index contributed by atoms with van der Waals surface area (Å²) in [5, 5.41) is 17.3. The van der Waals surface area contributed by atoms with Gasteiger partial charge < -0.3 is 43.0 Å². The lowest BCUT2D eigenvalue weighted by Crippen LogP contribution is -2.54. The lowest BCUT2D eigenvalue weighted by molar-refractivity contribution is -0.145. The highest BCUT2D eigenvalue weighted by Crippen LogP contribution is 2.57. The maximum atomic E-state index is 11.8. The van der Waals surface area contributed by atoms with E-state index in [2.05, 4.69) is 16.0 Å². The Balaban J connectivity index is 0.000000306. The number of nitrogens with one attached hydrogen (secondary N) is 3. The number of carboxylic acid groups (broad SMARTS) is 1. The van der Waals surface area contributed by atoms with Crippen LogP contribution in [0.5, 0.6) is 0 Å². The van der Waals surface area contributed by atoms with Crippen molar-refractivity contribution in [1.29, 1.82) is 0 Å². The number of alkyl carbamates (subject to hydrolysis) is 1. The monoisotopic (exact) mass is 610 g/mol. The molecule has 40 heavy (non-hydrogen) atoms. The predicted octanol–water partition coefficient (Wildman–Crippen LogP) is 1.16. The number of carbonyl (C=O) groups is 4. The van der Waals surface area contributed by atoms with Crippen molar-refractivity contribution in [2.75, 3.05) is 19.6 Å². The molecule has 3 aliphatic carbocycles. The molecule has 3 amide bonds. The van der Waals surface area contributed by atoms with Crippen LogP contribution in [0.25, 0.3) is 0 Å². The van der Waals surface area contributed by atoms with E-state index in [1.54, 1.807) is 6.92 Å². The number of carboxylic acids is 1. The van der Waals surface area contributed by atoms with Gasteiger partial charge in [-0.3, -0.25) is 14.4 Å². The van der Waals surface area contributed by atoms with Gasteiger partial charge in [-0.05, 0) is 80.1 Å². The molecule has 2 saturated heterocycles. The molecule has 0 bridgehead atoms. The first-order chi connectivity index (χ1) is 17.2. The normalized spacial score (nSPS) is 30.3. The number of carbonyl (C=O) groups excluding carboxylic acids is 3. The van der Waals surface area contributed by atoms with Gasteiger partial charge >= 0.3 is 12.1 Å². The lowest BCUT2D eigenvalue weighted by Gasteiger charge is -2.31. The van der Waals surface area contributed by atoms with Crippen molar-refractivity contribution < 1.29 is 29.0 Å². The molecule has 5 aliphatic rings. The van der Waals surface area contributed by atoms with Crippen LogP contribution in [0.3, 0.4) is 0 Å². The van der Waals surface area contributed by atoms with E-state index in [0.29, 0.717) is 25.9 Å². The highest BCUT2D eigenvalue weighted by Gasteiger charge is 2.67. The molecule has 0 radical (unpaired) electrons. The predicted molar refractivity (Wildman–Crippen MR) is 155 cm³/mol. The maximum Gasteiger partial charge on any atom is 0.408 e. The van der Waals surface area contributed by atoms with Gasteiger partial charge in [0.1, 0.15) is 5.60 Å². The summed E-state index contributed by atoms with van der Waals surface area (Å²) in [7, 11) is 0. The van der Waals surface area contributed by atoms with Crippen LogP contribution < -0.4 is 33.2 Å². The Hall–Kier alpha value is -1.86. The van der Waals surface area contributed by atoms with Crippen molar-refractivity contribution in [3.05, 3.63) is 0 Å². The number of halogens is 2. The van der Waals surface area contributed by atoms with Gasteiger partial charge in [-0.2, -0.15) is 0 Å². The third-order valence-corrected chi connectivity index (χ3v) is 9.19. The number of hydrogen-bond donors (Lipinski definition) is 7. The Morgan fingerprint density at radius 2 is 1.38 bits per heavy atom. The fraction of sp³-hybridized carbons (Fsp3) is 0.846. The second-order valence-corrected chi connectivity index (χ2v) is 13.4. The Kier molecular flexibility index (Phi) is 10.3. The smallest absolute Gasteiger partial charge is 0.408 e. The summed E-state index contributed by atoms with van der Waals surface area (Å²) in [5.41, 5.74) is 13.7. The fourth-order valence-electron chi connectivity index (χ4n) is 5.58. The fourth-order valence-corrected chi connectivity index (χ4v) is 5.58. The first-order valence-corrected chi connectivity index (χ1v) is 13.3. The maximum absolute atomic E-state index is 11.8. The van der Waals surface area contributed by atoms with Crippen LogP contribution in [0.2, 0.25) is 0 Å². The minimum atomic E-state index is -0.812. The SMILES string of the molecule is CC(C)(C)OC(=O)NC1(C)CNC(=O)C12CC2.CC(N)(CN)C1(C(=O)O)CC1.CC1(N)CNC(=O)C12CC2.Cl.Cl. The van der Waals surface area contributed by atoms with Gasteiger partial charge in [0, 0.05) is 30.7 Å². The summed E-state index contributed by atoms with van der Waals surface area (Å²) in [5.74, 6) is -0.596. The second kappa shape index (κ2) is 11.4. The van der Waals surface area contributed by atoms with Gasteiger partial charge in [-0.15, -0.1) is 24.8 Å². The zero-order chi connectivity index (χ0) is 29.0. The summed E-state index contributed by atoms with van der Waals surface area (Å²) < 4.78 is 5.23. The molecule has 0 aromatic heterocycles. The molecule has 5 rings (SSSR count). The average molecular weight is 612 g/mol. The topological polar surface area (TPSA) is 212 Å². The largest absolute Gasteiger partial charge is 0.481 e. The molecule has 232 valence electrons. The van der Waals surface area contributed by atoms with E-state index in [1.807, 2.05) is 34.6 Å². The van der Waals surface area contributed by atoms with Crippen molar-refractivity contribution in [3.63, 3.8) is 0 Å². The van der Waals surface area contributed by atoms with Gasteiger partial charge in [-0.25, -0.2) is 4.79 Å². The molecule has 5 fully saturated rings. The summed E-state index contributed by atoms with van der Waals surface area (Å²) >= 11 is 0. The molecule has 14 heteroatoms. The number of amides is 3. The Bertz CT molecular complexity index is 1000. The molecule has 3 atom stereocenters. The lowest BCUT2D eigenvalue weighted by atomic mass is 9.83. The van der Waals surface area contributed by atoms with E-state index in [1.165, 1.54) is 0 Å². The van der Waals surface area contributed by atoms with E-state index in [0.717, 1.165) is 25.7 Å². The zero-order valence-electron chi connectivity index (χ0n) is 24.4. The van der Waals surface area contributed by atoms with Crippen molar-refractivity contribution in [2.24, 2.45) is 33.4 Å². The van der Waals surface area contributed by atoms with E-state index in [-0.39, 0.29) is 54.1 Å². The van der Waals surface area contributed by atoms with E-state index >= 15 is 0 Å². The molecule has 3 unspecified atom stereocenters. The zero-order valence-corrected chi connectivity index (χ0v) is 26.0. The Morgan fingerprint density at radius 3 is 1.65 bits per heavy atom. The van der Waals surface area contributed by atoms with Gasteiger partial charge in [-0.1, -0.05) is 0 Å². The minimum Gasteiger partial charge on any atom is -0.481 e. The molecule has 2 heterocycles. The van der Waals surface area contributed by atoms with Crippen molar-refractivity contribution >= 4 is 48.7 Å². The molecule has 2 aliphatic heterocycles. The summed E-state index contributed by atoms with van der Waals surface area (Å²) in [4.78, 5) is 45.4. The number of hydrogen-bond acceptors (Lipinski definition) is 8. The highest BCUT2D eigenvalue weighted by molar-refractivity contribution is 5.91. The molecule has 2 spiro atoms. The average Bonchev–Trinajstić information content (AvgIpc) is 3.67. The third kappa shape index (κ3) is 6.46. The van der Waals surface area contributed by atoms with Crippen LogP contribution in [0, 0.1) is 16.2 Å². The Labute approximate surface area is 248 Å². The van der Waals surface area contributed by atoms with Gasteiger partial charge in [0.25, 0.3) is 0 Å². The van der Waals surface area contributed by atoms with Gasteiger partial charge in [0.05, 0.1) is 21.8 Å². The van der Waals surface area contributed by atoms with Crippen LogP contribution >= 0.6 is 24.8 Å². The molecule has 0 aromatic carbocycles. The summed E-state index contributed by atoms with van der Waals surface area (Å²) in [6.07, 6.45) is 4.50. The highest BCUT2D eigenvalue weighted by atomic mass is 35.5. The first kappa shape index (κ1) is 36.2. The summed E-state index contributed by atoms with van der Waals surface area (Å²) in [6.45, 7) is 12.4. The van der Waals surface area contributed by atoms with E-state index in [4.69, 9.17) is 27.0 Å². The quantitative estimate of drug-likeness (QED) is 0.243. The standard InChI is InChI=1S/C12H20N2O3.C7H14N2O2.C7H12N2O.2ClH/c1-10(2,3)17-9(16)14-11(4)7-13-8(15)12(11)5-6-12;1-6(9,4-8)7(2-3-7)5(10)11;1-6(8)4-9-5(10)7(6)2-3-7;;/h5-7H2,1-4H3,(H,13,15)(H,14,16);2-4,8-9H2,1H3,(H,10,11);2-4,8H2,1H3,(H,9,10);2*1H. The van der Waals surface area contributed by atoms with Crippen LogP contribution in [-0.2, 0) is 19.1 Å². The molecule has 3 saturated carbocycles. The van der Waals surface area contributed by atoms with Crippen LogP contribution in [0.1, 0.15) is 80.1 Å². The second-order valence-electron chi connectivity index (χ2n) is 13.4. The van der Waals surface area contributed by atoms with Crippen molar-refractivity contribution in [2.45, 2.75) is 102 Å². The number of rotatable bonds is 4. The van der Waals surface area contributed by atoms with Gasteiger partial charge in [0.2, 0.25) is 11.8 Å². The first-order valence-electron chi connectivity index (χ1n) is 13.3. The third-order valence-electron chi connectivity index (χ3n) is 9.19. The van der Waals surface area contributed by atoms with Crippen molar-refractivity contribution in [1.82, 2.24) is 16.0 Å². The van der Waals surface area contributed by atoms with Crippen molar-refractivity contribution in [3.8, 4) is 0 Å². The molecule has 0 aromatic rings. The number of aliphatic carboxylic acids is 1. The van der Waals surface area contributed by atoms with Gasteiger partial charge in [0.15, 0.2) is 0 Å². The molecule has 12 nitrogen and oxygen atoms in total. The van der Waals surface area contributed by atoms with E-state index in [9.17, 15) is 19.2 Å². The summed E-state index contributed by atoms with van der Waals surface area (Å²) in [6, 6.07) is 0. The molecular weight excluding hydrogens is 563 g/mol. The minimum absolute atomic E-state index is 0. The Morgan fingerprint density at radius 1 is 0.925 bits per heavy atom.